The van der Waals surface area contributed by atoms with Crippen LogP contribution < -0.4 is 14.4 Å². The van der Waals surface area contributed by atoms with Gasteiger partial charge in [0.25, 0.3) is 0 Å². The van der Waals surface area contributed by atoms with E-state index in [1.165, 1.54) is 30.2 Å². The summed E-state index contributed by atoms with van der Waals surface area (Å²) < 4.78 is 31.5. The van der Waals surface area contributed by atoms with Crippen molar-refractivity contribution in [3.05, 3.63) is 58.1 Å². The molecule has 202 valence electrons. The van der Waals surface area contributed by atoms with E-state index in [-0.39, 0.29) is 29.2 Å². The van der Waals surface area contributed by atoms with Crippen LogP contribution in [0.2, 0.25) is 10.0 Å². The van der Waals surface area contributed by atoms with E-state index in [1.807, 2.05) is 0 Å². The zero-order valence-corrected chi connectivity index (χ0v) is 23.6. The molecule has 8 nitrogen and oxygen atoms in total. The third-order valence-corrected chi connectivity index (χ3v) is 8.13. The molecule has 1 N–H and O–H groups in total. The number of ether oxygens (including phenoxy) is 1. The molecular weight excluding hydrogens is 537 g/mol. The van der Waals surface area contributed by atoms with Crippen molar-refractivity contribution in [3.8, 4) is 5.75 Å². The van der Waals surface area contributed by atoms with Crippen LogP contribution in [0.15, 0.2) is 42.5 Å². The Labute approximate surface area is 228 Å². The number of nitrogens with zero attached hydrogens (tertiary/aromatic N) is 2. The fourth-order valence-corrected chi connectivity index (χ4v) is 5.71. The van der Waals surface area contributed by atoms with E-state index in [4.69, 9.17) is 27.9 Å². The quantitative estimate of drug-likeness (QED) is 0.449. The number of nitrogens with one attached hydrogen (secondary N) is 1. The van der Waals surface area contributed by atoms with Gasteiger partial charge in [-0.2, -0.15) is 0 Å². The lowest BCUT2D eigenvalue weighted by Gasteiger charge is -2.33. The minimum absolute atomic E-state index is 0.0702. The van der Waals surface area contributed by atoms with Crippen molar-refractivity contribution >= 4 is 50.7 Å². The van der Waals surface area contributed by atoms with Crippen LogP contribution in [0.1, 0.15) is 44.6 Å². The maximum atomic E-state index is 13.7. The van der Waals surface area contributed by atoms with E-state index in [1.54, 1.807) is 31.2 Å². The summed E-state index contributed by atoms with van der Waals surface area (Å²) in [6.45, 7) is 1.22. The lowest BCUT2D eigenvalue weighted by Crippen LogP contribution is -2.52. The van der Waals surface area contributed by atoms with Gasteiger partial charge in [0.2, 0.25) is 21.8 Å². The number of halogens is 2. The van der Waals surface area contributed by atoms with Crippen molar-refractivity contribution in [2.45, 2.75) is 57.7 Å². The highest BCUT2D eigenvalue weighted by Gasteiger charge is 2.31. The topological polar surface area (TPSA) is 96.0 Å². The molecule has 0 saturated heterocycles. The van der Waals surface area contributed by atoms with E-state index >= 15 is 0 Å². The fraction of sp³-hybridized carbons (Fsp3) is 0.462. The zero-order chi connectivity index (χ0) is 27.2. The van der Waals surface area contributed by atoms with Crippen LogP contribution >= 0.6 is 23.2 Å². The van der Waals surface area contributed by atoms with Gasteiger partial charge in [0.05, 0.1) is 24.1 Å². The molecule has 0 radical (unpaired) electrons. The average molecular weight is 571 g/mol. The monoisotopic (exact) mass is 569 g/mol. The first-order valence-electron chi connectivity index (χ1n) is 12.1. The van der Waals surface area contributed by atoms with Crippen molar-refractivity contribution in [1.82, 2.24) is 10.2 Å². The number of hydrogen-bond acceptors (Lipinski definition) is 5. The molecule has 0 aliphatic heterocycles. The normalized spacial score (nSPS) is 15.1. The Balaban J connectivity index is 1.89. The maximum absolute atomic E-state index is 13.7. The molecule has 0 bridgehead atoms. The van der Waals surface area contributed by atoms with Crippen LogP contribution in [0, 0.1) is 0 Å². The Morgan fingerprint density at radius 1 is 1.11 bits per heavy atom. The number of anilines is 1. The van der Waals surface area contributed by atoms with Gasteiger partial charge in [0.1, 0.15) is 18.3 Å². The predicted octanol–water partition coefficient (Wildman–Crippen LogP) is 4.63. The van der Waals surface area contributed by atoms with Gasteiger partial charge in [-0.1, -0.05) is 54.6 Å². The maximum Gasteiger partial charge on any atom is 0.244 e. The number of rotatable bonds is 10. The van der Waals surface area contributed by atoms with Gasteiger partial charge < -0.3 is 15.0 Å². The third-order valence-electron chi connectivity index (χ3n) is 6.46. The van der Waals surface area contributed by atoms with Crippen LogP contribution in [-0.4, -0.2) is 57.1 Å². The van der Waals surface area contributed by atoms with Gasteiger partial charge in [-0.15, -0.1) is 0 Å². The number of hydrogen-bond donors (Lipinski definition) is 1. The summed E-state index contributed by atoms with van der Waals surface area (Å²) in [5.74, 6) is -0.440. The van der Waals surface area contributed by atoms with Crippen LogP contribution in [0.3, 0.4) is 0 Å². The van der Waals surface area contributed by atoms with Crippen LogP contribution in [0.25, 0.3) is 0 Å². The molecule has 11 heteroatoms. The van der Waals surface area contributed by atoms with Crippen LogP contribution in [0.5, 0.6) is 5.75 Å². The second-order valence-electron chi connectivity index (χ2n) is 9.26. The summed E-state index contributed by atoms with van der Waals surface area (Å²) in [5, 5.41) is 3.77. The fourth-order valence-electron chi connectivity index (χ4n) is 4.41. The average Bonchev–Trinajstić information content (AvgIpc) is 2.85. The number of benzene rings is 2. The number of methoxy groups -OCH3 is 1. The smallest absolute Gasteiger partial charge is 0.244 e. The minimum atomic E-state index is -3.87. The van der Waals surface area contributed by atoms with Crippen molar-refractivity contribution in [3.63, 3.8) is 0 Å². The molecule has 0 unspecified atom stereocenters. The highest BCUT2D eigenvalue weighted by molar-refractivity contribution is 7.92. The summed E-state index contributed by atoms with van der Waals surface area (Å²) in [6, 6.07) is 10.7. The van der Waals surface area contributed by atoms with E-state index < -0.39 is 28.5 Å². The van der Waals surface area contributed by atoms with Crippen molar-refractivity contribution in [1.29, 1.82) is 0 Å². The molecule has 1 atom stereocenters. The minimum Gasteiger partial charge on any atom is -0.495 e. The van der Waals surface area contributed by atoms with Crippen molar-refractivity contribution in [2.75, 3.05) is 24.2 Å². The Morgan fingerprint density at radius 2 is 1.81 bits per heavy atom. The van der Waals surface area contributed by atoms with Gasteiger partial charge >= 0.3 is 0 Å². The Hall–Kier alpha value is -2.49. The first kappa shape index (κ1) is 29.1. The molecule has 1 saturated carbocycles. The molecule has 0 aromatic heterocycles. The molecule has 1 aliphatic carbocycles. The lowest BCUT2D eigenvalue weighted by molar-refractivity contribution is -0.139. The number of carbonyl (C=O) groups is 2. The zero-order valence-electron chi connectivity index (χ0n) is 21.2. The van der Waals surface area contributed by atoms with Gasteiger partial charge in [-0.25, -0.2) is 8.42 Å². The van der Waals surface area contributed by atoms with Crippen molar-refractivity contribution in [2.24, 2.45) is 0 Å². The lowest BCUT2D eigenvalue weighted by atomic mass is 9.95. The molecule has 37 heavy (non-hydrogen) atoms. The summed E-state index contributed by atoms with van der Waals surface area (Å²) in [4.78, 5) is 28.2. The first-order chi connectivity index (χ1) is 17.5. The Bertz CT molecular complexity index is 1220. The number of amides is 2. The number of carbonyl (C=O) groups excluding carboxylic acids is 2. The van der Waals surface area contributed by atoms with Crippen LogP contribution in [0.4, 0.5) is 5.69 Å². The number of sulfonamides is 1. The molecule has 2 amide bonds. The summed E-state index contributed by atoms with van der Waals surface area (Å²) in [7, 11) is -2.42. The molecule has 2 aromatic rings. The molecular formula is C26H33Cl2N3O5S. The second kappa shape index (κ2) is 12.8. The van der Waals surface area contributed by atoms with Gasteiger partial charge in [-0.05, 0) is 55.7 Å². The Morgan fingerprint density at radius 3 is 2.41 bits per heavy atom. The van der Waals surface area contributed by atoms with E-state index in [2.05, 4.69) is 5.32 Å². The molecule has 0 heterocycles. The van der Waals surface area contributed by atoms with Crippen LogP contribution in [-0.2, 0) is 26.2 Å². The molecule has 0 spiro atoms. The standard InChI is InChI=1S/C26H33Cl2N3O5S/c1-18(26(33)29-21-10-5-4-6-11-21)30(16-19-8-7-9-20(27)14-19)25(32)17-31(37(3,34)35)22-12-13-24(36-2)23(28)15-22/h7-9,12-15,18,21H,4-6,10-11,16-17H2,1-3H3,(H,29,33)/t18-/m1/s1. The third kappa shape index (κ3) is 7.99. The van der Waals surface area contributed by atoms with Gasteiger partial charge in [-0.3, -0.25) is 13.9 Å². The summed E-state index contributed by atoms with van der Waals surface area (Å²) in [6.07, 6.45) is 6.08. The van der Waals surface area contributed by atoms with E-state index in [0.717, 1.165) is 48.2 Å². The summed E-state index contributed by atoms with van der Waals surface area (Å²) >= 11 is 12.4. The molecule has 2 aromatic carbocycles. The first-order valence-corrected chi connectivity index (χ1v) is 14.8. The van der Waals surface area contributed by atoms with Gasteiger partial charge in [0, 0.05) is 17.6 Å². The highest BCUT2D eigenvalue weighted by atomic mass is 35.5. The highest BCUT2D eigenvalue weighted by Crippen LogP contribution is 2.30. The predicted molar refractivity (Wildman–Crippen MR) is 147 cm³/mol. The Kier molecular flexibility index (Phi) is 10.1. The molecule has 1 fully saturated rings. The van der Waals surface area contributed by atoms with Gasteiger partial charge in [0.15, 0.2) is 0 Å². The van der Waals surface area contributed by atoms with E-state index in [0.29, 0.717) is 10.8 Å². The SMILES string of the molecule is COc1ccc(N(CC(=O)N(Cc2cccc(Cl)c2)[C@H](C)C(=O)NC2CCCCC2)S(C)(=O)=O)cc1Cl. The van der Waals surface area contributed by atoms with E-state index in [9.17, 15) is 18.0 Å². The largest absolute Gasteiger partial charge is 0.495 e. The molecule has 3 rings (SSSR count). The second-order valence-corrected chi connectivity index (χ2v) is 12.0. The summed E-state index contributed by atoms with van der Waals surface area (Å²) in [5.41, 5.74) is 0.931. The van der Waals surface area contributed by atoms with Crippen molar-refractivity contribution < 1.29 is 22.7 Å². The molecule has 1 aliphatic rings.